The summed E-state index contributed by atoms with van der Waals surface area (Å²) in [6.45, 7) is 7.47. The molecule has 0 aliphatic heterocycles. The number of fused-ring (bicyclic) bond motifs is 2. The summed E-state index contributed by atoms with van der Waals surface area (Å²) in [4.78, 5) is 6.70. The Bertz CT molecular complexity index is 1190. The Balaban J connectivity index is 1.65. The fraction of sp³-hybridized carbons (Fsp3) is 0.350. The fourth-order valence-corrected chi connectivity index (χ4v) is 3.91. The smallest absolute Gasteiger partial charge is 0.254 e. The fourth-order valence-electron chi connectivity index (χ4n) is 3.58. The Hall–Kier alpha value is -2.51. The minimum absolute atomic E-state index is 0.587. The maximum atomic E-state index is 6.02. The number of nitrogens with zero attached hydrogens (tertiary/aromatic N) is 5. The van der Waals surface area contributed by atoms with E-state index in [9.17, 15) is 0 Å². The zero-order valence-electron chi connectivity index (χ0n) is 16.1. The van der Waals surface area contributed by atoms with Crippen LogP contribution in [0.25, 0.3) is 16.7 Å². The summed E-state index contributed by atoms with van der Waals surface area (Å²) in [6.07, 6.45) is 0.869. The van der Waals surface area contributed by atoms with Crippen LogP contribution in [0.15, 0.2) is 34.7 Å². The Morgan fingerprint density at radius 3 is 2.78 bits per heavy atom. The Morgan fingerprint density at radius 1 is 1.22 bits per heavy atom. The Morgan fingerprint density at radius 2 is 2.00 bits per heavy atom. The Labute approximate surface area is 163 Å². The average molecular weight is 382 g/mol. The molecule has 0 atom stereocenters. The summed E-state index contributed by atoms with van der Waals surface area (Å²) in [7, 11) is 2.07. The first kappa shape index (κ1) is 17.9. The molecule has 7 heteroatoms. The van der Waals surface area contributed by atoms with Crippen molar-refractivity contribution in [1.29, 1.82) is 0 Å². The first-order valence-electron chi connectivity index (χ1n) is 9.09. The largest absolute Gasteiger partial charge is 0.461 e. The van der Waals surface area contributed by atoms with Crippen molar-refractivity contribution in [1.82, 2.24) is 24.1 Å². The van der Waals surface area contributed by atoms with E-state index in [1.807, 2.05) is 41.1 Å². The molecule has 0 aliphatic rings. The molecule has 0 aliphatic carbocycles. The highest BCUT2D eigenvalue weighted by Crippen LogP contribution is 2.27. The maximum Gasteiger partial charge on any atom is 0.254 e. The van der Waals surface area contributed by atoms with Crippen LogP contribution in [0.3, 0.4) is 0 Å². The van der Waals surface area contributed by atoms with Gasteiger partial charge in [0.15, 0.2) is 0 Å². The van der Waals surface area contributed by atoms with Crippen molar-refractivity contribution >= 4 is 29.0 Å². The van der Waals surface area contributed by atoms with E-state index in [4.69, 9.17) is 16.6 Å². The van der Waals surface area contributed by atoms with Crippen LogP contribution in [0.1, 0.15) is 29.6 Å². The quantitative estimate of drug-likeness (QED) is 0.483. The first-order valence-corrected chi connectivity index (χ1v) is 9.50. The lowest BCUT2D eigenvalue weighted by atomic mass is 10.1. The molecule has 0 bridgehead atoms. The van der Waals surface area contributed by atoms with Gasteiger partial charge in [-0.05, 0) is 45.2 Å². The van der Waals surface area contributed by atoms with Crippen molar-refractivity contribution in [3.05, 3.63) is 57.8 Å². The second-order valence-electron chi connectivity index (χ2n) is 6.97. The lowest BCUT2D eigenvalue weighted by Gasteiger charge is -2.16. The molecule has 4 aromatic rings. The van der Waals surface area contributed by atoms with Gasteiger partial charge < -0.3 is 4.42 Å². The van der Waals surface area contributed by atoms with Gasteiger partial charge in [-0.3, -0.25) is 9.30 Å². The van der Waals surface area contributed by atoms with E-state index in [2.05, 4.69) is 41.1 Å². The van der Waals surface area contributed by atoms with Gasteiger partial charge in [0.05, 0.1) is 6.67 Å². The van der Waals surface area contributed by atoms with E-state index in [0.29, 0.717) is 17.2 Å². The molecule has 3 heterocycles. The van der Waals surface area contributed by atoms with Crippen molar-refractivity contribution in [3.8, 4) is 0 Å². The van der Waals surface area contributed by atoms with Gasteiger partial charge in [0.25, 0.3) is 5.78 Å². The average Bonchev–Trinajstić information content (AvgIpc) is 3.13. The summed E-state index contributed by atoms with van der Waals surface area (Å²) in [5, 5.41) is 5.78. The monoisotopic (exact) mass is 381 g/mol. The second kappa shape index (κ2) is 6.90. The summed E-state index contributed by atoms with van der Waals surface area (Å²) >= 11 is 5.63. The minimum Gasteiger partial charge on any atom is -0.461 e. The first-order chi connectivity index (χ1) is 13.0. The van der Waals surface area contributed by atoms with Crippen molar-refractivity contribution in [2.75, 3.05) is 7.05 Å². The van der Waals surface area contributed by atoms with Gasteiger partial charge in [-0.2, -0.15) is 0 Å². The number of para-hydroxylation sites is 1. The molecule has 6 nitrogen and oxygen atoms in total. The maximum absolute atomic E-state index is 6.02. The SMILES string of the molecule is CCc1oc2ccccc2c1CN(C)Cn1nc2nc(C)cc(C)n2c1=S. The molecule has 0 saturated heterocycles. The van der Waals surface area contributed by atoms with E-state index in [0.717, 1.165) is 35.7 Å². The zero-order valence-corrected chi connectivity index (χ0v) is 16.9. The summed E-state index contributed by atoms with van der Waals surface area (Å²) in [6, 6.07) is 10.2. The van der Waals surface area contributed by atoms with Crippen LogP contribution in [0, 0.1) is 18.6 Å². The lowest BCUT2D eigenvalue weighted by Crippen LogP contribution is -2.23. The number of hydrogen-bond donors (Lipinski definition) is 0. The van der Waals surface area contributed by atoms with E-state index >= 15 is 0 Å². The van der Waals surface area contributed by atoms with Crippen molar-refractivity contribution < 1.29 is 4.42 Å². The van der Waals surface area contributed by atoms with E-state index in [1.54, 1.807) is 0 Å². The highest BCUT2D eigenvalue weighted by molar-refractivity contribution is 7.71. The molecule has 0 fully saturated rings. The van der Waals surface area contributed by atoms with Gasteiger partial charge in [-0.1, -0.05) is 25.1 Å². The highest BCUT2D eigenvalue weighted by atomic mass is 32.1. The van der Waals surface area contributed by atoms with Crippen LogP contribution < -0.4 is 0 Å². The number of rotatable bonds is 5. The normalized spacial score (nSPS) is 11.9. The molecule has 1 aromatic carbocycles. The van der Waals surface area contributed by atoms with E-state index in [1.165, 1.54) is 10.9 Å². The van der Waals surface area contributed by atoms with Crippen LogP contribution in [-0.2, 0) is 19.6 Å². The highest BCUT2D eigenvalue weighted by Gasteiger charge is 2.16. The third-order valence-corrected chi connectivity index (χ3v) is 5.17. The molecule has 0 radical (unpaired) electrons. The molecule has 140 valence electrons. The molecule has 0 N–H and O–H groups in total. The van der Waals surface area contributed by atoms with Crippen molar-refractivity contribution in [3.63, 3.8) is 0 Å². The minimum atomic E-state index is 0.587. The molecular formula is C20H23N5OS. The van der Waals surface area contributed by atoms with Crippen LogP contribution in [-0.4, -0.2) is 31.1 Å². The zero-order chi connectivity index (χ0) is 19.1. The number of benzene rings is 1. The third-order valence-electron chi connectivity index (χ3n) is 4.78. The molecule has 4 rings (SSSR count). The number of aromatic nitrogens is 4. The Kier molecular flexibility index (Phi) is 4.57. The molecule has 27 heavy (non-hydrogen) atoms. The lowest BCUT2D eigenvalue weighted by molar-refractivity contribution is 0.243. The summed E-state index contributed by atoms with van der Waals surface area (Å²) in [5.74, 6) is 1.68. The van der Waals surface area contributed by atoms with Gasteiger partial charge in [-0.25, -0.2) is 9.67 Å². The van der Waals surface area contributed by atoms with Crippen LogP contribution in [0.5, 0.6) is 0 Å². The summed E-state index contributed by atoms with van der Waals surface area (Å²) in [5.41, 5.74) is 4.16. The van der Waals surface area contributed by atoms with Gasteiger partial charge in [-0.15, -0.1) is 5.10 Å². The number of furan rings is 1. The standard InChI is InChI=1S/C20H23N5OS/c1-5-17-16(15-8-6-7-9-18(15)26-17)11-23(4)12-24-20(27)25-14(3)10-13(2)21-19(25)22-24/h6-10H,5,11-12H2,1-4H3. The van der Waals surface area contributed by atoms with Gasteiger partial charge in [0, 0.05) is 35.3 Å². The van der Waals surface area contributed by atoms with Gasteiger partial charge in [0.1, 0.15) is 11.3 Å². The van der Waals surface area contributed by atoms with Crippen LogP contribution in [0.4, 0.5) is 0 Å². The third kappa shape index (κ3) is 3.17. The summed E-state index contributed by atoms with van der Waals surface area (Å²) < 4.78 is 10.4. The molecule has 0 amide bonds. The molecule has 3 aromatic heterocycles. The topological polar surface area (TPSA) is 51.5 Å². The number of aryl methyl sites for hydroxylation is 3. The molecule has 0 saturated carbocycles. The van der Waals surface area contributed by atoms with Gasteiger partial charge >= 0.3 is 0 Å². The van der Waals surface area contributed by atoms with Crippen molar-refractivity contribution in [2.45, 2.75) is 40.4 Å². The van der Waals surface area contributed by atoms with E-state index in [-0.39, 0.29) is 0 Å². The van der Waals surface area contributed by atoms with Gasteiger partial charge in [0.2, 0.25) is 4.77 Å². The van der Waals surface area contributed by atoms with Crippen molar-refractivity contribution in [2.24, 2.45) is 0 Å². The second-order valence-corrected chi connectivity index (χ2v) is 7.33. The number of hydrogen-bond acceptors (Lipinski definition) is 5. The van der Waals surface area contributed by atoms with Crippen LogP contribution >= 0.6 is 12.2 Å². The van der Waals surface area contributed by atoms with Crippen LogP contribution in [0.2, 0.25) is 0 Å². The predicted molar refractivity (Wildman–Crippen MR) is 108 cm³/mol. The molecule has 0 unspecified atom stereocenters. The molecular weight excluding hydrogens is 358 g/mol. The van der Waals surface area contributed by atoms with E-state index < -0.39 is 0 Å². The molecule has 0 spiro atoms. The predicted octanol–water partition coefficient (Wildman–Crippen LogP) is 4.28.